The monoisotopic (exact) mass is 223 g/mol. The maximum absolute atomic E-state index is 4.30. The van der Waals surface area contributed by atoms with Gasteiger partial charge in [0.05, 0.1) is 0 Å². The van der Waals surface area contributed by atoms with Crippen LogP contribution in [0.4, 0.5) is 11.8 Å². The first-order chi connectivity index (χ1) is 7.45. The van der Waals surface area contributed by atoms with Gasteiger partial charge in [0.2, 0.25) is 5.95 Å². The Morgan fingerprint density at radius 1 is 1.38 bits per heavy atom. The van der Waals surface area contributed by atoms with Gasteiger partial charge in [-0.1, -0.05) is 0 Å². The molecule has 90 valence electrons. The second-order valence-corrected chi connectivity index (χ2v) is 4.58. The summed E-state index contributed by atoms with van der Waals surface area (Å²) in [5, 5.41) is 6.22. The van der Waals surface area contributed by atoms with Gasteiger partial charge >= 0.3 is 0 Å². The maximum Gasteiger partial charge on any atom is 0.224 e. The van der Waals surface area contributed by atoms with E-state index in [1.807, 2.05) is 13.1 Å². The molecule has 0 spiro atoms. The zero-order chi connectivity index (χ0) is 12.2. The number of anilines is 2. The summed E-state index contributed by atoms with van der Waals surface area (Å²) in [7, 11) is 5.95. The number of nitrogens with zero attached hydrogens (tertiary/aromatic N) is 3. The van der Waals surface area contributed by atoms with E-state index in [2.05, 4.69) is 53.4 Å². The van der Waals surface area contributed by atoms with E-state index in [4.69, 9.17) is 0 Å². The quantitative estimate of drug-likeness (QED) is 0.787. The maximum atomic E-state index is 4.30. The van der Waals surface area contributed by atoms with Gasteiger partial charge in [-0.15, -0.1) is 0 Å². The Balaban J connectivity index is 2.60. The van der Waals surface area contributed by atoms with E-state index in [-0.39, 0.29) is 5.54 Å². The van der Waals surface area contributed by atoms with Gasteiger partial charge in [0.1, 0.15) is 5.82 Å². The zero-order valence-electron chi connectivity index (χ0n) is 10.7. The molecule has 0 fully saturated rings. The molecule has 2 N–H and O–H groups in total. The Bertz CT molecular complexity index is 335. The standard InChI is InChI=1S/C11H21N5/c1-11(2,16(4)5)8-14-9-6-7-13-10(12-3)15-9/h6-7H,8H2,1-5H3,(H2,12,13,14,15). The van der Waals surface area contributed by atoms with Crippen LogP contribution in [0, 0.1) is 0 Å². The molecular formula is C11H21N5. The minimum atomic E-state index is 0.0881. The van der Waals surface area contributed by atoms with Crippen molar-refractivity contribution >= 4 is 11.8 Å². The SMILES string of the molecule is CNc1nccc(NCC(C)(C)N(C)C)n1. The lowest BCUT2D eigenvalue weighted by atomic mass is 10.0. The molecule has 0 saturated heterocycles. The molecule has 1 aromatic heterocycles. The lowest BCUT2D eigenvalue weighted by Crippen LogP contribution is -2.44. The lowest BCUT2D eigenvalue weighted by molar-refractivity contribution is 0.210. The molecule has 0 aliphatic heterocycles. The normalized spacial score (nSPS) is 11.6. The first kappa shape index (κ1) is 12.7. The van der Waals surface area contributed by atoms with E-state index in [1.54, 1.807) is 6.20 Å². The number of aromatic nitrogens is 2. The van der Waals surface area contributed by atoms with E-state index in [0.29, 0.717) is 5.95 Å². The minimum absolute atomic E-state index is 0.0881. The van der Waals surface area contributed by atoms with Crippen molar-refractivity contribution in [2.45, 2.75) is 19.4 Å². The van der Waals surface area contributed by atoms with Crippen molar-refractivity contribution in [3.8, 4) is 0 Å². The number of rotatable bonds is 5. The molecule has 1 heterocycles. The molecule has 5 nitrogen and oxygen atoms in total. The van der Waals surface area contributed by atoms with Crippen molar-refractivity contribution in [2.75, 3.05) is 38.3 Å². The average Bonchev–Trinajstić information content (AvgIpc) is 2.26. The summed E-state index contributed by atoms with van der Waals surface area (Å²) in [5.41, 5.74) is 0.0881. The van der Waals surface area contributed by atoms with Crippen LogP contribution in [-0.4, -0.2) is 48.1 Å². The fraction of sp³-hybridized carbons (Fsp3) is 0.636. The molecule has 0 unspecified atom stereocenters. The van der Waals surface area contributed by atoms with Gasteiger partial charge in [-0.25, -0.2) is 4.98 Å². The summed E-state index contributed by atoms with van der Waals surface area (Å²) in [6.07, 6.45) is 1.74. The highest BCUT2D eigenvalue weighted by Crippen LogP contribution is 2.12. The third kappa shape index (κ3) is 3.34. The van der Waals surface area contributed by atoms with Crippen LogP contribution in [0.5, 0.6) is 0 Å². The topological polar surface area (TPSA) is 53.1 Å². The number of hydrogen-bond donors (Lipinski definition) is 2. The fourth-order valence-electron chi connectivity index (χ4n) is 1.04. The van der Waals surface area contributed by atoms with Crippen molar-refractivity contribution < 1.29 is 0 Å². The van der Waals surface area contributed by atoms with E-state index in [0.717, 1.165) is 12.4 Å². The highest BCUT2D eigenvalue weighted by Gasteiger charge is 2.19. The highest BCUT2D eigenvalue weighted by atomic mass is 15.2. The van der Waals surface area contributed by atoms with Crippen molar-refractivity contribution in [3.05, 3.63) is 12.3 Å². The molecule has 0 aliphatic rings. The first-order valence-electron chi connectivity index (χ1n) is 5.38. The molecule has 0 aliphatic carbocycles. The average molecular weight is 223 g/mol. The van der Waals surface area contributed by atoms with Crippen LogP contribution in [0.1, 0.15) is 13.8 Å². The number of nitrogens with one attached hydrogen (secondary N) is 2. The predicted octanol–water partition coefficient (Wildman–Crippen LogP) is 1.27. The molecule has 0 amide bonds. The molecule has 0 aromatic carbocycles. The number of hydrogen-bond acceptors (Lipinski definition) is 5. The summed E-state index contributed by atoms with van der Waals surface area (Å²) >= 11 is 0. The summed E-state index contributed by atoms with van der Waals surface area (Å²) in [5.74, 6) is 1.47. The molecular weight excluding hydrogens is 202 g/mol. The van der Waals surface area contributed by atoms with E-state index in [1.165, 1.54) is 0 Å². The third-order valence-corrected chi connectivity index (χ3v) is 2.79. The lowest BCUT2D eigenvalue weighted by Gasteiger charge is -2.32. The van der Waals surface area contributed by atoms with E-state index < -0.39 is 0 Å². The summed E-state index contributed by atoms with van der Waals surface area (Å²) in [4.78, 5) is 10.5. The molecule has 1 aromatic rings. The molecule has 16 heavy (non-hydrogen) atoms. The van der Waals surface area contributed by atoms with E-state index >= 15 is 0 Å². The summed E-state index contributed by atoms with van der Waals surface area (Å²) in [6.45, 7) is 5.19. The Hall–Kier alpha value is -1.36. The summed E-state index contributed by atoms with van der Waals surface area (Å²) < 4.78 is 0. The molecule has 0 bridgehead atoms. The summed E-state index contributed by atoms with van der Waals surface area (Å²) in [6, 6.07) is 1.87. The highest BCUT2D eigenvalue weighted by molar-refractivity contribution is 5.39. The van der Waals surface area contributed by atoms with Gasteiger partial charge in [-0.2, -0.15) is 4.98 Å². The molecule has 0 saturated carbocycles. The Labute approximate surface area is 97.3 Å². The van der Waals surface area contributed by atoms with Crippen molar-refractivity contribution in [2.24, 2.45) is 0 Å². The Kier molecular flexibility index (Phi) is 4.06. The van der Waals surface area contributed by atoms with Gasteiger partial charge in [0.25, 0.3) is 0 Å². The van der Waals surface area contributed by atoms with E-state index in [9.17, 15) is 0 Å². The second kappa shape index (κ2) is 5.12. The second-order valence-electron chi connectivity index (χ2n) is 4.58. The van der Waals surface area contributed by atoms with Crippen LogP contribution < -0.4 is 10.6 Å². The van der Waals surface area contributed by atoms with Crippen LogP contribution in [0.15, 0.2) is 12.3 Å². The largest absolute Gasteiger partial charge is 0.368 e. The van der Waals surface area contributed by atoms with Gasteiger partial charge in [0.15, 0.2) is 0 Å². The molecule has 1 rings (SSSR count). The molecule has 0 radical (unpaired) electrons. The number of likely N-dealkylation sites (N-methyl/N-ethyl adjacent to an activating group) is 1. The fourth-order valence-corrected chi connectivity index (χ4v) is 1.04. The van der Waals surface area contributed by atoms with Crippen molar-refractivity contribution in [3.63, 3.8) is 0 Å². The van der Waals surface area contributed by atoms with Crippen LogP contribution in [0.25, 0.3) is 0 Å². The van der Waals surface area contributed by atoms with Crippen LogP contribution in [0.3, 0.4) is 0 Å². The van der Waals surface area contributed by atoms with Gasteiger partial charge < -0.3 is 15.5 Å². The zero-order valence-corrected chi connectivity index (χ0v) is 10.7. The van der Waals surface area contributed by atoms with Crippen molar-refractivity contribution in [1.29, 1.82) is 0 Å². The molecule has 0 atom stereocenters. The van der Waals surface area contributed by atoms with Crippen molar-refractivity contribution in [1.82, 2.24) is 14.9 Å². The Morgan fingerprint density at radius 2 is 2.06 bits per heavy atom. The van der Waals surface area contributed by atoms with Gasteiger partial charge in [-0.3, -0.25) is 0 Å². The predicted molar refractivity (Wildman–Crippen MR) is 67.8 cm³/mol. The van der Waals surface area contributed by atoms with Crippen LogP contribution in [-0.2, 0) is 0 Å². The first-order valence-corrected chi connectivity index (χ1v) is 5.38. The van der Waals surface area contributed by atoms with Crippen LogP contribution >= 0.6 is 0 Å². The Morgan fingerprint density at radius 3 is 2.62 bits per heavy atom. The van der Waals surface area contributed by atoms with Gasteiger partial charge in [0, 0.05) is 25.3 Å². The molecule has 5 heteroatoms. The third-order valence-electron chi connectivity index (χ3n) is 2.79. The van der Waals surface area contributed by atoms with Gasteiger partial charge in [-0.05, 0) is 34.0 Å². The smallest absolute Gasteiger partial charge is 0.224 e. The minimum Gasteiger partial charge on any atom is -0.368 e. The van der Waals surface area contributed by atoms with Crippen LogP contribution in [0.2, 0.25) is 0 Å².